The molecule has 3 aromatic rings. The van der Waals surface area contributed by atoms with Crippen molar-refractivity contribution in [3.05, 3.63) is 63.5 Å². The van der Waals surface area contributed by atoms with Gasteiger partial charge in [-0.05, 0) is 59.2 Å². The van der Waals surface area contributed by atoms with Crippen LogP contribution in [0.15, 0.2) is 48.8 Å². The van der Waals surface area contributed by atoms with E-state index in [1.807, 2.05) is 42.5 Å². The van der Waals surface area contributed by atoms with E-state index in [-0.39, 0.29) is 11.8 Å². The lowest BCUT2D eigenvalue weighted by Crippen LogP contribution is -2.34. The van der Waals surface area contributed by atoms with E-state index in [1.54, 1.807) is 6.33 Å². The Balaban J connectivity index is 1.69. The molecule has 1 aliphatic rings. The summed E-state index contributed by atoms with van der Waals surface area (Å²) in [5, 5.41) is 4.29. The van der Waals surface area contributed by atoms with Crippen LogP contribution in [0.3, 0.4) is 0 Å². The smallest absolute Gasteiger partial charge is 0.185 e. The minimum Gasteiger partial charge on any atom is -0.359 e. The zero-order chi connectivity index (χ0) is 15.8. The highest BCUT2D eigenvalue weighted by molar-refractivity contribution is 14.1. The first-order chi connectivity index (χ1) is 11.2. The van der Waals surface area contributed by atoms with Crippen molar-refractivity contribution >= 4 is 45.1 Å². The van der Waals surface area contributed by atoms with Gasteiger partial charge in [0.1, 0.15) is 12.1 Å². The minimum atomic E-state index is -0.235. The zero-order valence-corrected chi connectivity index (χ0v) is 14.4. The van der Waals surface area contributed by atoms with Gasteiger partial charge in [0.25, 0.3) is 0 Å². The molecule has 4 rings (SSSR count). The highest BCUT2D eigenvalue weighted by Crippen LogP contribution is 2.26. The van der Waals surface area contributed by atoms with Crippen LogP contribution in [-0.4, -0.2) is 21.8 Å². The number of anilines is 1. The van der Waals surface area contributed by atoms with Crippen LogP contribution in [0, 0.1) is 3.57 Å². The molecule has 23 heavy (non-hydrogen) atoms. The second-order valence-electron chi connectivity index (χ2n) is 5.64. The summed E-state index contributed by atoms with van der Waals surface area (Å²) in [6.45, 7) is 0. The first-order valence-electron chi connectivity index (χ1n) is 7.51. The fourth-order valence-electron chi connectivity index (χ4n) is 3.04. The number of ketones is 1. The molecule has 0 saturated carbocycles. The number of aromatic nitrogens is 2. The number of Topliss-reactive ketones (excluding diaryl/α,β-unsaturated/α-hetero) is 1. The third-order valence-corrected chi connectivity index (χ3v) is 4.88. The van der Waals surface area contributed by atoms with Gasteiger partial charge in [0, 0.05) is 14.5 Å². The highest BCUT2D eigenvalue weighted by atomic mass is 127. The van der Waals surface area contributed by atoms with Crippen molar-refractivity contribution in [2.45, 2.75) is 18.9 Å². The van der Waals surface area contributed by atoms with Crippen LogP contribution in [0.5, 0.6) is 0 Å². The third kappa shape index (κ3) is 2.69. The van der Waals surface area contributed by atoms with Crippen LogP contribution in [0.1, 0.15) is 22.3 Å². The first-order valence-corrected chi connectivity index (χ1v) is 8.59. The summed E-state index contributed by atoms with van der Waals surface area (Å²) in [6, 6.07) is 13.6. The van der Waals surface area contributed by atoms with E-state index in [9.17, 15) is 4.79 Å². The maximum Gasteiger partial charge on any atom is 0.185 e. The molecule has 0 saturated heterocycles. The monoisotopic (exact) mass is 415 g/mol. The average molecular weight is 415 g/mol. The summed E-state index contributed by atoms with van der Waals surface area (Å²) >= 11 is 2.27. The fourth-order valence-corrected chi connectivity index (χ4v) is 3.54. The van der Waals surface area contributed by atoms with Gasteiger partial charge in [0.15, 0.2) is 5.78 Å². The maximum atomic E-state index is 12.7. The molecule has 1 N–H and O–H groups in total. The normalized spacial score (nSPS) is 17.1. The van der Waals surface area contributed by atoms with E-state index in [0.29, 0.717) is 0 Å². The SMILES string of the molecule is O=C1c2ccccc2CCC1Nc1ncnc2ccc(I)cc12. The van der Waals surface area contributed by atoms with E-state index in [0.717, 1.165) is 44.3 Å². The standard InChI is InChI=1S/C18H14IN3O/c19-12-6-8-15-14(9-12)18(21-10-20-15)22-16-7-5-11-3-1-2-4-13(11)17(16)23/h1-4,6,8-10,16H,5,7H2,(H,20,21,22). The summed E-state index contributed by atoms with van der Waals surface area (Å²) in [4.78, 5) is 21.4. The molecule has 1 unspecified atom stereocenters. The Hall–Kier alpha value is -2.02. The Morgan fingerprint density at radius 2 is 2.00 bits per heavy atom. The molecule has 2 aromatic carbocycles. The lowest BCUT2D eigenvalue weighted by molar-refractivity contribution is 0.0957. The van der Waals surface area contributed by atoms with Crippen molar-refractivity contribution < 1.29 is 4.79 Å². The van der Waals surface area contributed by atoms with Gasteiger partial charge in [-0.2, -0.15) is 0 Å². The number of carbonyl (C=O) groups excluding carboxylic acids is 1. The lowest BCUT2D eigenvalue weighted by atomic mass is 9.87. The van der Waals surface area contributed by atoms with E-state index >= 15 is 0 Å². The van der Waals surface area contributed by atoms with Crippen LogP contribution in [-0.2, 0) is 6.42 Å². The molecule has 1 aliphatic carbocycles. The van der Waals surface area contributed by atoms with E-state index in [2.05, 4.69) is 37.9 Å². The molecule has 0 bridgehead atoms. The second-order valence-corrected chi connectivity index (χ2v) is 6.89. The Kier molecular flexibility index (Phi) is 3.72. The number of aryl methyl sites for hydroxylation is 1. The Morgan fingerprint density at radius 1 is 1.13 bits per heavy atom. The predicted molar refractivity (Wildman–Crippen MR) is 98.8 cm³/mol. The minimum absolute atomic E-state index is 0.143. The number of fused-ring (bicyclic) bond motifs is 2. The number of carbonyl (C=O) groups is 1. The molecule has 1 heterocycles. The van der Waals surface area contributed by atoms with Crippen LogP contribution < -0.4 is 5.32 Å². The Morgan fingerprint density at radius 3 is 2.91 bits per heavy atom. The molecule has 0 spiro atoms. The number of nitrogens with one attached hydrogen (secondary N) is 1. The number of hydrogen-bond acceptors (Lipinski definition) is 4. The lowest BCUT2D eigenvalue weighted by Gasteiger charge is -2.24. The average Bonchev–Trinajstić information content (AvgIpc) is 2.58. The predicted octanol–water partition coefficient (Wildman–Crippen LogP) is 3.84. The number of hydrogen-bond donors (Lipinski definition) is 1. The quantitative estimate of drug-likeness (QED) is 0.647. The van der Waals surface area contributed by atoms with E-state index in [1.165, 1.54) is 0 Å². The molecule has 0 aliphatic heterocycles. The van der Waals surface area contributed by atoms with Gasteiger partial charge in [-0.15, -0.1) is 0 Å². The fraction of sp³-hybridized carbons (Fsp3) is 0.167. The molecule has 0 fully saturated rings. The number of halogens is 1. The third-order valence-electron chi connectivity index (χ3n) is 4.21. The first kappa shape index (κ1) is 14.6. The van der Waals surface area contributed by atoms with Crippen LogP contribution >= 0.6 is 22.6 Å². The van der Waals surface area contributed by atoms with Gasteiger partial charge in [-0.1, -0.05) is 24.3 Å². The molecule has 1 aromatic heterocycles. The largest absolute Gasteiger partial charge is 0.359 e. The summed E-state index contributed by atoms with van der Waals surface area (Å²) in [6.07, 6.45) is 3.23. The highest BCUT2D eigenvalue weighted by Gasteiger charge is 2.27. The van der Waals surface area contributed by atoms with Gasteiger partial charge in [0.2, 0.25) is 0 Å². The summed E-state index contributed by atoms with van der Waals surface area (Å²) in [5.41, 5.74) is 2.84. The molecule has 1 atom stereocenters. The van der Waals surface area contributed by atoms with E-state index in [4.69, 9.17) is 0 Å². The van der Waals surface area contributed by atoms with Gasteiger partial charge in [-0.3, -0.25) is 4.79 Å². The summed E-state index contributed by atoms with van der Waals surface area (Å²) < 4.78 is 1.12. The van der Waals surface area contributed by atoms with Crippen LogP contribution in [0.4, 0.5) is 5.82 Å². The molecular formula is C18H14IN3O. The zero-order valence-electron chi connectivity index (χ0n) is 12.3. The van der Waals surface area contributed by atoms with Gasteiger partial charge < -0.3 is 5.32 Å². The van der Waals surface area contributed by atoms with Gasteiger partial charge in [0.05, 0.1) is 11.6 Å². The van der Waals surface area contributed by atoms with Crippen molar-refractivity contribution in [2.24, 2.45) is 0 Å². The Labute approximate surface area is 147 Å². The molecule has 0 amide bonds. The molecule has 0 radical (unpaired) electrons. The summed E-state index contributed by atoms with van der Waals surface area (Å²) in [7, 11) is 0. The van der Waals surface area contributed by atoms with Crippen molar-refractivity contribution in [1.82, 2.24) is 9.97 Å². The van der Waals surface area contributed by atoms with Crippen LogP contribution in [0.2, 0.25) is 0 Å². The van der Waals surface area contributed by atoms with Crippen molar-refractivity contribution in [1.29, 1.82) is 0 Å². The number of nitrogens with zero attached hydrogens (tertiary/aromatic N) is 2. The van der Waals surface area contributed by atoms with E-state index < -0.39 is 0 Å². The molecule has 5 heteroatoms. The number of rotatable bonds is 2. The van der Waals surface area contributed by atoms with Crippen molar-refractivity contribution in [3.8, 4) is 0 Å². The van der Waals surface area contributed by atoms with Crippen LogP contribution in [0.25, 0.3) is 10.9 Å². The molecular weight excluding hydrogens is 401 g/mol. The van der Waals surface area contributed by atoms with Gasteiger partial charge >= 0.3 is 0 Å². The maximum absolute atomic E-state index is 12.7. The number of benzene rings is 2. The topological polar surface area (TPSA) is 54.9 Å². The van der Waals surface area contributed by atoms with Crippen molar-refractivity contribution in [2.75, 3.05) is 5.32 Å². The second kappa shape index (κ2) is 5.88. The molecule has 4 nitrogen and oxygen atoms in total. The Bertz CT molecular complexity index is 910. The molecule has 114 valence electrons. The van der Waals surface area contributed by atoms with Gasteiger partial charge in [-0.25, -0.2) is 9.97 Å². The van der Waals surface area contributed by atoms with Crippen molar-refractivity contribution in [3.63, 3.8) is 0 Å². The summed E-state index contributed by atoms with van der Waals surface area (Å²) in [5.74, 6) is 0.871.